The summed E-state index contributed by atoms with van der Waals surface area (Å²) in [5, 5.41) is 3.03. The van der Waals surface area contributed by atoms with E-state index in [2.05, 4.69) is 31.0 Å². The van der Waals surface area contributed by atoms with Crippen LogP contribution >= 0.6 is 0 Å². The molecule has 0 atom stereocenters. The molecule has 2 aromatic heterocycles. The van der Waals surface area contributed by atoms with Crippen LogP contribution in [-0.4, -0.2) is 54.7 Å². The number of pyridine rings is 2. The van der Waals surface area contributed by atoms with Gasteiger partial charge in [0.2, 0.25) is 10.0 Å². The maximum absolute atomic E-state index is 13.4. The van der Waals surface area contributed by atoms with Crippen molar-refractivity contribution in [3.8, 4) is 0 Å². The molecule has 1 fully saturated rings. The summed E-state index contributed by atoms with van der Waals surface area (Å²) in [4.78, 5) is 26.7. The summed E-state index contributed by atoms with van der Waals surface area (Å²) in [7, 11) is -3.29. The van der Waals surface area contributed by atoms with Crippen LogP contribution in [0, 0.1) is 6.92 Å². The molecule has 1 aliphatic rings. The largest absolute Gasteiger partial charge is 0.326 e. The Labute approximate surface area is 247 Å². The lowest BCUT2D eigenvalue weighted by Crippen LogP contribution is -2.49. The molecule has 2 N–H and O–H groups in total. The number of para-hydroxylation sites is 1. The second-order valence-corrected chi connectivity index (χ2v) is 12.5. The number of likely N-dealkylation sites (tertiary alicyclic amines) is 1. The van der Waals surface area contributed by atoms with E-state index in [9.17, 15) is 13.2 Å². The Morgan fingerprint density at radius 3 is 2.19 bits per heavy atom. The van der Waals surface area contributed by atoms with Gasteiger partial charge in [0.15, 0.2) is 0 Å². The van der Waals surface area contributed by atoms with Crippen molar-refractivity contribution >= 4 is 33.1 Å². The molecule has 9 nitrogen and oxygen atoms in total. The van der Waals surface area contributed by atoms with Gasteiger partial charge in [0.25, 0.3) is 0 Å². The first kappa shape index (κ1) is 29.2. The number of rotatable bonds is 9. The zero-order valence-corrected chi connectivity index (χ0v) is 24.7. The van der Waals surface area contributed by atoms with E-state index in [1.165, 1.54) is 0 Å². The number of benzene rings is 2. The lowest BCUT2D eigenvalue weighted by Gasteiger charge is -2.38. The summed E-state index contributed by atoms with van der Waals surface area (Å²) < 4.78 is 25.3. The van der Waals surface area contributed by atoms with E-state index < -0.39 is 10.0 Å². The molecule has 2 aromatic carbocycles. The predicted molar refractivity (Wildman–Crippen MR) is 167 cm³/mol. The summed E-state index contributed by atoms with van der Waals surface area (Å²) in [6.07, 6.45) is 7.15. The SMILES string of the molecule is Cc1ccc(NC(=O)N(c2ccccc2)C2CCN(Cc3ccc(Cc4ccc(NS(C)(=O)=O)cc4)nc3)CC2)cn1. The molecule has 2 amide bonds. The molecule has 0 radical (unpaired) electrons. The highest BCUT2D eigenvalue weighted by atomic mass is 32.2. The number of carbonyl (C=O) groups excluding carboxylic acids is 1. The number of amides is 2. The Balaban J connectivity index is 1.16. The zero-order chi connectivity index (χ0) is 29.5. The molecule has 0 aliphatic carbocycles. The number of nitrogens with one attached hydrogen (secondary N) is 2. The van der Waals surface area contributed by atoms with Gasteiger partial charge in [-0.15, -0.1) is 0 Å². The number of carbonyl (C=O) groups is 1. The molecular formula is C32H36N6O3S. The Morgan fingerprint density at radius 1 is 0.881 bits per heavy atom. The molecule has 0 saturated carbocycles. The first-order valence-electron chi connectivity index (χ1n) is 14.0. The summed E-state index contributed by atoms with van der Waals surface area (Å²) in [5.74, 6) is 0. The van der Waals surface area contributed by atoms with Crippen molar-refractivity contribution in [2.75, 3.05) is 34.3 Å². The molecule has 218 valence electrons. The van der Waals surface area contributed by atoms with Crippen molar-refractivity contribution in [3.63, 3.8) is 0 Å². The third-order valence-corrected chi connectivity index (χ3v) is 7.88. The van der Waals surface area contributed by atoms with E-state index in [4.69, 9.17) is 0 Å². The molecule has 1 saturated heterocycles. The second kappa shape index (κ2) is 13.1. The van der Waals surface area contributed by atoms with Gasteiger partial charge in [-0.25, -0.2) is 13.2 Å². The van der Waals surface area contributed by atoms with Gasteiger partial charge in [-0.3, -0.25) is 24.5 Å². The highest BCUT2D eigenvalue weighted by Crippen LogP contribution is 2.26. The Kier molecular flexibility index (Phi) is 9.14. The van der Waals surface area contributed by atoms with Gasteiger partial charge >= 0.3 is 6.03 Å². The number of aryl methyl sites for hydroxylation is 1. The molecule has 0 spiro atoms. The van der Waals surface area contributed by atoms with E-state index in [0.717, 1.165) is 66.9 Å². The number of anilines is 3. The van der Waals surface area contributed by atoms with Crippen LogP contribution in [0.1, 0.15) is 35.4 Å². The Hall–Kier alpha value is -4.28. The highest BCUT2D eigenvalue weighted by Gasteiger charge is 2.29. The van der Waals surface area contributed by atoms with Gasteiger partial charge in [0, 0.05) is 61.1 Å². The fourth-order valence-electron chi connectivity index (χ4n) is 5.17. The summed E-state index contributed by atoms with van der Waals surface area (Å²) in [6, 6.07) is 25.0. The number of piperidine rings is 1. The van der Waals surface area contributed by atoms with Gasteiger partial charge in [-0.2, -0.15) is 0 Å². The number of nitrogens with zero attached hydrogens (tertiary/aromatic N) is 4. The minimum absolute atomic E-state index is 0.0848. The molecule has 3 heterocycles. The molecule has 1 aliphatic heterocycles. The van der Waals surface area contributed by atoms with E-state index in [1.54, 1.807) is 18.3 Å². The Bertz CT molecular complexity index is 1570. The van der Waals surface area contributed by atoms with Gasteiger partial charge in [-0.05, 0) is 73.4 Å². The monoisotopic (exact) mass is 584 g/mol. The maximum Gasteiger partial charge on any atom is 0.326 e. The average molecular weight is 585 g/mol. The molecule has 10 heteroatoms. The van der Waals surface area contributed by atoms with Crippen molar-refractivity contribution in [3.05, 3.63) is 114 Å². The minimum Gasteiger partial charge on any atom is -0.306 e. The number of aromatic nitrogens is 2. The predicted octanol–water partition coefficient (Wildman–Crippen LogP) is 5.45. The van der Waals surface area contributed by atoms with Crippen LogP contribution in [0.25, 0.3) is 0 Å². The minimum atomic E-state index is -3.29. The van der Waals surface area contributed by atoms with Crippen LogP contribution in [0.5, 0.6) is 0 Å². The quantitative estimate of drug-likeness (QED) is 0.271. The van der Waals surface area contributed by atoms with Crippen LogP contribution in [0.15, 0.2) is 91.3 Å². The van der Waals surface area contributed by atoms with Gasteiger partial charge in [0.05, 0.1) is 18.1 Å². The lowest BCUT2D eigenvalue weighted by molar-refractivity contribution is 0.199. The smallest absolute Gasteiger partial charge is 0.306 e. The molecule has 4 aromatic rings. The van der Waals surface area contributed by atoms with E-state index in [1.807, 2.05) is 78.7 Å². The van der Waals surface area contributed by atoms with Gasteiger partial charge in [-0.1, -0.05) is 36.4 Å². The number of sulfonamides is 1. The van der Waals surface area contributed by atoms with Crippen LogP contribution in [0.4, 0.5) is 21.9 Å². The number of hydrogen-bond acceptors (Lipinski definition) is 6. The molecular weight excluding hydrogens is 548 g/mol. The van der Waals surface area contributed by atoms with E-state index in [0.29, 0.717) is 17.8 Å². The molecule has 0 unspecified atom stereocenters. The highest BCUT2D eigenvalue weighted by molar-refractivity contribution is 7.92. The first-order valence-corrected chi connectivity index (χ1v) is 15.9. The van der Waals surface area contributed by atoms with Crippen molar-refractivity contribution in [1.82, 2.24) is 14.9 Å². The third kappa shape index (κ3) is 8.14. The van der Waals surface area contributed by atoms with Crippen molar-refractivity contribution in [2.45, 2.75) is 38.8 Å². The fraction of sp³-hybridized carbons (Fsp3) is 0.281. The van der Waals surface area contributed by atoms with E-state index >= 15 is 0 Å². The second-order valence-electron chi connectivity index (χ2n) is 10.7. The summed E-state index contributed by atoms with van der Waals surface area (Å²) >= 11 is 0. The lowest BCUT2D eigenvalue weighted by atomic mass is 10.0. The van der Waals surface area contributed by atoms with Gasteiger partial charge in [0.1, 0.15) is 0 Å². The van der Waals surface area contributed by atoms with Crippen LogP contribution in [0.3, 0.4) is 0 Å². The Morgan fingerprint density at radius 2 is 1.57 bits per heavy atom. The molecule has 0 bridgehead atoms. The third-order valence-electron chi connectivity index (χ3n) is 7.27. The van der Waals surface area contributed by atoms with Crippen molar-refractivity contribution in [2.24, 2.45) is 0 Å². The van der Waals surface area contributed by atoms with Crippen LogP contribution in [-0.2, 0) is 23.0 Å². The standard InChI is InChI=1S/C32H36N6O3S/c1-24-8-12-29(22-33-24)35-32(39)38(30-6-4-3-5-7-30)31-16-18-37(19-17-31)23-26-11-15-28(34-21-26)20-25-9-13-27(14-10-25)36-42(2,40)41/h3-15,21-22,31,36H,16-20,23H2,1-2H3,(H,35,39). The zero-order valence-electron chi connectivity index (χ0n) is 23.9. The average Bonchev–Trinajstić information content (AvgIpc) is 2.97. The van der Waals surface area contributed by atoms with Crippen molar-refractivity contribution < 1.29 is 13.2 Å². The maximum atomic E-state index is 13.4. The normalized spacial score (nSPS) is 14.3. The van der Waals surface area contributed by atoms with Crippen LogP contribution in [0.2, 0.25) is 0 Å². The summed E-state index contributed by atoms with van der Waals surface area (Å²) in [6.45, 7) is 4.48. The van der Waals surface area contributed by atoms with Gasteiger partial charge < -0.3 is 5.32 Å². The topological polar surface area (TPSA) is 108 Å². The van der Waals surface area contributed by atoms with E-state index in [-0.39, 0.29) is 12.1 Å². The molecule has 42 heavy (non-hydrogen) atoms. The number of hydrogen-bond donors (Lipinski definition) is 2. The first-order chi connectivity index (χ1) is 20.2. The van der Waals surface area contributed by atoms with Crippen molar-refractivity contribution in [1.29, 1.82) is 0 Å². The molecule has 5 rings (SSSR count). The summed E-state index contributed by atoms with van der Waals surface area (Å²) in [5.41, 5.74) is 6.17. The fourth-order valence-corrected chi connectivity index (χ4v) is 5.73. The number of urea groups is 1. The van der Waals surface area contributed by atoms with Crippen LogP contribution < -0.4 is 14.9 Å².